The van der Waals surface area contributed by atoms with Gasteiger partial charge in [0.15, 0.2) is 0 Å². The molecule has 0 aliphatic rings. The molecule has 0 spiro atoms. The molecule has 1 heterocycles. The summed E-state index contributed by atoms with van der Waals surface area (Å²) in [4.78, 5) is 5.34. The van der Waals surface area contributed by atoms with E-state index in [1.54, 1.807) is 0 Å². The second-order valence-corrected chi connectivity index (χ2v) is 11.8. The van der Waals surface area contributed by atoms with Gasteiger partial charge in [-0.05, 0) is 63.1 Å². The van der Waals surface area contributed by atoms with E-state index >= 15 is 0 Å². The lowest BCUT2D eigenvalue weighted by Gasteiger charge is -2.24. The molecule has 5 aromatic rings. The van der Waals surface area contributed by atoms with Gasteiger partial charge in [0.05, 0.1) is 11.2 Å². The minimum absolute atomic E-state index is 0.0652. The second-order valence-electron chi connectivity index (χ2n) is 11.8. The Kier molecular flexibility index (Phi) is 6.50. The summed E-state index contributed by atoms with van der Waals surface area (Å²) in [5.41, 5.74) is 8.47. The number of rotatable bonds is 5. The standard InChI is InChI=1S/C36H37N/c1-7-36(5,6)29-19-21-31-30-20-18-28(35(2,3)4)23-32(30)34(37-33(31)24-29)27-15-11-14-26(22-27)17-16-25-12-9-8-10-13-25/h8-24H,7H2,1-6H3/b17-16+. The second kappa shape index (κ2) is 9.63. The Bertz CT molecular complexity index is 1600. The van der Waals surface area contributed by atoms with E-state index in [9.17, 15) is 0 Å². The maximum Gasteiger partial charge on any atom is 0.0788 e. The van der Waals surface area contributed by atoms with Gasteiger partial charge >= 0.3 is 0 Å². The highest BCUT2D eigenvalue weighted by molar-refractivity contribution is 6.11. The van der Waals surface area contributed by atoms with Crippen LogP contribution in [0.15, 0.2) is 91.0 Å². The quantitative estimate of drug-likeness (QED) is 0.179. The molecule has 5 rings (SSSR count). The SMILES string of the molecule is CCC(C)(C)c1ccc2c(c1)nc(-c1cccc(/C=C/c3ccccc3)c1)c1cc(C(C)(C)C)ccc12. The largest absolute Gasteiger partial charge is 0.247 e. The molecule has 0 aliphatic carbocycles. The van der Waals surface area contributed by atoms with Crippen molar-refractivity contribution >= 4 is 33.8 Å². The van der Waals surface area contributed by atoms with Gasteiger partial charge in [-0.1, -0.05) is 126 Å². The fourth-order valence-electron chi connectivity index (χ4n) is 4.87. The lowest BCUT2D eigenvalue weighted by Crippen LogP contribution is -2.15. The van der Waals surface area contributed by atoms with Crippen LogP contribution < -0.4 is 0 Å². The van der Waals surface area contributed by atoms with Gasteiger partial charge in [-0.25, -0.2) is 4.98 Å². The fraction of sp³-hybridized carbons (Fsp3) is 0.250. The Morgan fingerprint density at radius 3 is 2.03 bits per heavy atom. The maximum atomic E-state index is 5.34. The molecule has 37 heavy (non-hydrogen) atoms. The van der Waals surface area contributed by atoms with Gasteiger partial charge in [-0.2, -0.15) is 0 Å². The molecule has 0 unspecified atom stereocenters. The van der Waals surface area contributed by atoms with Crippen molar-refractivity contribution in [2.75, 3.05) is 0 Å². The lowest BCUT2D eigenvalue weighted by molar-refractivity contribution is 0.507. The van der Waals surface area contributed by atoms with Crippen LogP contribution in [0.1, 0.15) is 70.2 Å². The van der Waals surface area contributed by atoms with Crippen LogP contribution in [-0.4, -0.2) is 4.98 Å². The monoisotopic (exact) mass is 483 g/mol. The van der Waals surface area contributed by atoms with Gasteiger partial charge in [-0.15, -0.1) is 0 Å². The first-order chi connectivity index (χ1) is 17.7. The van der Waals surface area contributed by atoms with Crippen LogP contribution in [0.3, 0.4) is 0 Å². The van der Waals surface area contributed by atoms with Crippen LogP contribution in [-0.2, 0) is 10.8 Å². The van der Waals surface area contributed by atoms with Gasteiger partial charge in [-0.3, -0.25) is 0 Å². The highest BCUT2D eigenvalue weighted by Crippen LogP contribution is 2.37. The van der Waals surface area contributed by atoms with Gasteiger partial charge in [0.2, 0.25) is 0 Å². The van der Waals surface area contributed by atoms with E-state index in [2.05, 4.69) is 139 Å². The summed E-state index contributed by atoms with van der Waals surface area (Å²) in [7, 11) is 0. The van der Waals surface area contributed by atoms with Gasteiger partial charge < -0.3 is 0 Å². The van der Waals surface area contributed by atoms with Gasteiger partial charge in [0.25, 0.3) is 0 Å². The summed E-state index contributed by atoms with van der Waals surface area (Å²) >= 11 is 0. The molecule has 0 bridgehead atoms. The minimum Gasteiger partial charge on any atom is -0.247 e. The van der Waals surface area contributed by atoms with Crippen LogP contribution in [0.2, 0.25) is 0 Å². The van der Waals surface area contributed by atoms with Crippen molar-refractivity contribution in [2.45, 2.75) is 58.8 Å². The number of fused-ring (bicyclic) bond motifs is 3. The molecule has 186 valence electrons. The normalized spacial score (nSPS) is 12.6. The molecule has 0 saturated heterocycles. The number of nitrogens with zero attached hydrogens (tertiary/aromatic N) is 1. The molecule has 0 radical (unpaired) electrons. The zero-order valence-electron chi connectivity index (χ0n) is 23.0. The number of pyridine rings is 1. The van der Waals surface area contributed by atoms with Crippen LogP contribution in [0.4, 0.5) is 0 Å². The van der Waals surface area contributed by atoms with E-state index in [4.69, 9.17) is 4.98 Å². The Balaban J connectivity index is 1.73. The van der Waals surface area contributed by atoms with Gasteiger partial charge in [0.1, 0.15) is 0 Å². The molecule has 0 aliphatic heterocycles. The molecule has 1 nitrogen and oxygen atoms in total. The molecule has 0 saturated carbocycles. The van der Waals surface area contributed by atoms with E-state index in [0.717, 1.165) is 23.2 Å². The number of benzene rings is 4. The van der Waals surface area contributed by atoms with Gasteiger partial charge in [0, 0.05) is 16.3 Å². The average molecular weight is 484 g/mol. The Hall–Kier alpha value is -3.71. The number of hydrogen-bond acceptors (Lipinski definition) is 1. The molecule has 4 aromatic carbocycles. The van der Waals surface area contributed by atoms with E-state index in [1.165, 1.54) is 38.4 Å². The van der Waals surface area contributed by atoms with E-state index in [0.29, 0.717) is 0 Å². The Morgan fingerprint density at radius 1 is 0.622 bits per heavy atom. The molecule has 1 aromatic heterocycles. The Morgan fingerprint density at radius 2 is 1.30 bits per heavy atom. The van der Waals surface area contributed by atoms with Crippen molar-refractivity contribution in [3.63, 3.8) is 0 Å². The van der Waals surface area contributed by atoms with E-state index < -0.39 is 0 Å². The van der Waals surface area contributed by atoms with Crippen molar-refractivity contribution < 1.29 is 0 Å². The van der Waals surface area contributed by atoms with Crippen molar-refractivity contribution in [2.24, 2.45) is 0 Å². The molecule has 0 amide bonds. The van der Waals surface area contributed by atoms with E-state index in [1.807, 2.05) is 6.07 Å². The van der Waals surface area contributed by atoms with Crippen LogP contribution >= 0.6 is 0 Å². The third-order valence-corrected chi connectivity index (χ3v) is 7.75. The van der Waals surface area contributed by atoms with Crippen LogP contribution in [0, 0.1) is 0 Å². The van der Waals surface area contributed by atoms with Crippen molar-refractivity contribution in [1.82, 2.24) is 4.98 Å². The predicted molar refractivity (Wildman–Crippen MR) is 162 cm³/mol. The predicted octanol–water partition coefficient (Wildman–Crippen LogP) is 10.2. The first-order valence-corrected chi connectivity index (χ1v) is 13.4. The first kappa shape index (κ1) is 25.0. The zero-order chi connectivity index (χ0) is 26.2. The van der Waals surface area contributed by atoms with E-state index in [-0.39, 0.29) is 10.8 Å². The maximum absolute atomic E-state index is 5.34. The summed E-state index contributed by atoms with van der Waals surface area (Å²) in [6.07, 6.45) is 5.44. The molecular weight excluding hydrogens is 446 g/mol. The fourth-order valence-corrected chi connectivity index (χ4v) is 4.87. The number of hydrogen-bond donors (Lipinski definition) is 0. The zero-order valence-corrected chi connectivity index (χ0v) is 23.0. The molecule has 0 N–H and O–H groups in total. The van der Waals surface area contributed by atoms with Crippen molar-refractivity contribution in [1.29, 1.82) is 0 Å². The van der Waals surface area contributed by atoms with Crippen molar-refractivity contribution in [3.8, 4) is 11.3 Å². The summed E-state index contributed by atoms with van der Waals surface area (Å²) in [5, 5.41) is 3.70. The Labute approximate surface area is 221 Å². The van der Waals surface area contributed by atoms with Crippen LogP contribution in [0.5, 0.6) is 0 Å². The number of aromatic nitrogens is 1. The van der Waals surface area contributed by atoms with Crippen molar-refractivity contribution in [3.05, 3.63) is 113 Å². The average Bonchev–Trinajstić information content (AvgIpc) is 2.91. The summed E-state index contributed by atoms with van der Waals surface area (Å²) in [5.74, 6) is 0. The van der Waals surface area contributed by atoms with Crippen LogP contribution in [0.25, 0.3) is 45.1 Å². The molecule has 1 heteroatoms. The first-order valence-electron chi connectivity index (χ1n) is 13.4. The summed E-state index contributed by atoms with van der Waals surface area (Å²) in [6, 6.07) is 33.0. The minimum atomic E-state index is 0.0652. The summed E-state index contributed by atoms with van der Waals surface area (Å²) in [6.45, 7) is 13.7. The summed E-state index contributed by atoms with van der Waals surface area (Å²) < 4.78 is 0. The topological polar surface area (TPSA) is 12.9 Å². The highest BCUT2D eigenvalue weighted by Gasteiger charge is 2.21. The molecular formula is C36H37N. The lowest BCUT2D eigenvalue weighted by atomic mass is 9.81. The third-order valence-electron chi connectivity index (χ3n) is 7.75. The molecule has 0 atom stereocenters. The third kappa shape index (κ3) is 5.09. The smallest absolute Gasteiger partial charge is 0.0788 e. The highest BCUT2D eigenvalue weighted by atomic mass is 14.7. The molecule has 0 fully saturated rings.